The molecule has 1 saturated heterocycles. The lowest BCUT2D eigenvalue weighted by Crippen LogP contribution is -2.38. The SMILES string of the molecule is CC(C)(C)OC(=O)COC1(c2nc(Br)cs2)CCCCNCC1. The molecule has 1 aromatic heterocycles. The van der Waals surface area contributed by atoms with Crippen LogP contribution in [0.15, 0.2) is 9.98 Å². The third-order valence-electron chi connectivity index (χ3n) is 3.64. The lowest BCUT2D eigenvalue weighted by atomic mass is 9.91. The lowest BCUT2D eigenvalue weighted by Gasteiger charge is -2.34. The minimum Gasteiger partial charge on any atom is -0.458 e. The smallest absolute Gasteiger partial charge is 0.332 e. The van der Waals surface area contributed by atoms with Crippen LogP contribution in [0.1, 0.15) is 51.5 Å². The largest absolute Gasteiger partial charge is 0.458 e. The molecule has 1 aromatic rings. The summed E-state index contributed by atoms with van der Waals surface area (Å²) in [7, 11) is 0. The molecule has 1 N–H and O–H groups in total. The van der Waals surface area contributed by atoms with E-state index in [1.165, 1.54) is 0 Å². The van der Waals surface area contributed by atoms with E-state index in [0.717, 1.165) is 48.4 Å². The van der Waals surface area contributed by atoms with Crippen LogP contribution in [0.5, 0.6) is 0 Å². The number of nitrogens with one attached hydrogen (secondary N) is 1. The Kier molecular flexibility index (Phi) is 6.59. The van der Waals surface area contributed by atoms with Gasteiger partial charge in [0.1, 0.15) is 27.4 Å². The van der Waals surface area contributed by atoms with E-state index in [0.29, 0.717) is 0 Å². The van der Waals surface area contributed by atoms with Crippen molar-refractivity contribution in [2.75, 3.05) is 19.7 Å². The number of rotatable bonds is 4. The second-order valence-electron chi connectivity index (χ2n) is 6.80. The van der Waals surface area contributed by atoms with Gasteiger partial charge < -0.3 is 14.8 Å². The van der Waals surface area contributed by atoms with Crippen molar-refractivity contribution in [3.05, 3.63) is 15.0 Å². The van der Waals surface area contributed by atoms with E-state index in [4.69, 9.17) is 9.47 Å². The number of hydrogen-bond acceptors (Lipinski definition) is 6. The van der Waals surface area contributed by atoms with Crippen molar-refractivity contribution in [2.45, 2.75) is 57.7 Å². The summed E-state index contributed by atoms with van der Waals surface area (Å²) in [5.41, 5.74) is -1.01. The molecule has 0 bridgehead atoms. The molecule has 1 unspecified atom stereocenters. The number of carbonyl (C=O) groups is 1. The number of hydrogen-bond donors (Lipinski definition) is 1. The summed E-state index contributed by atoms with van der Waals surface area (Å²) >= 11 is 4.99. The topological polar surface area (TPSA) is 60.5 Å². The van der Waals surface area contributed by atoms with Gasteiger partial charge in [-0.3, -0.25) is 0 Å². The summed E-state index contributed by atoms with van der Waals surface area (Å²) in [6.07, 6.45) is 3.82. The maximum atomic E-state index is 12.0. The van der Waals surface area contributed by atoms with Crippen molar-refractivity contribution in [1.82, 2.24) is 10.3 Å². The van der Waals surface area contributed by atoms with Crippen molar-refractivity contribution in [3.63, 3.8) is 0 Å². The van der Waals surface area contributed by atoms with E-state index in [-0.39, 0.29) is 12.6 Å². The standard InChI is InChI=1S/C16H25BrN2O3S/c1-15(2,3)22-13(20)10-21-16(14-19-12(17)11-23-14)6-4-5-8-18-9-7-16/h11,18H,4-10H2,1-3H3. The van der Waals surface area contributed by atoms with Crippen LogP contribution in [0.25, 0.3) is 0 Å². The maximum absolute atomic E-state index is 12.0. The molecule has 130 valence electrons. The van der Waals surface area contributed by atoms with Crippen LogP contribution < -0.4 is 5.32 Å². The summed E-state index contributed by atoms with van der Waals surface area (Å²) in [6, 6.07) is 0. The van der Waals surface area contributed by atoms with E-state index in [1.807, 2.05) is 26.2 Å². The second kappa shape index (κ2) is 8.05. The highest BCUT2D eigenvalue weighted by Crippen LogP contribution is 2.38. The Hall–Kier alpha value is -0.500. The number of ether oxygens (including phenoxy) is 2. The zero-order valence-corrected chi connectivity index (χ0v) is 16.4. The van der Waals surface area contributed by atoms with Gasteiger partial charge in [0.2, 0.25) is 0 Å². The van der Waals surface area contributed by atoms with Crippen molar-refractivity contribution in [2.24, 2.45) is 0 Å². The van der Waals surface area contributed by atoms with Crippen molar-refractivity contribution in [3.8, 4) is 0 Å². The van der Waals surface area contributed by atoms with Crippen LogP contribution in [-0.2, 0) is 19.9 Å². The zero-order chi connectivity index (χ0) is 16.9. The Morgan fingerprint density at radius 3 is 2.83 bits per heavy atom. The van der Waals surface area contributed by atoms with Gasteiger partial charge in [0.15, 0.2) is 0 Å². The van der Waals surface area contributed by atoms with Gasteiger partial charge in [-0.25, -0.2) is 9.78 Å². The Balaban J connectivity index is 2.11. The number of halogens is 1. The number of aromatic nitrogens is 1. The molecule has 0 saturated carbocycles. The minimum atomic E-state index is -0.513. The molecule has 0 radical (unpaired) electrons. The van der Waals surface area contributed by atoms with Gasteiger partial charge in [-0.2, -0.15) is 0 Å². The molecule has 0 amide bonds. The molecule has 1 atom stereocenters. The molecule has 1 aliphatic heterocycles. The molecule has 23 heavy (non-hydrogen) atoms. The van der Waals surface area contributed by atoms with Gasteiger partial charge >= 0.3 is 5.97 Å². The van der Waals surface area contributed by atoms with Crippen LogP contribution in [0.3, 0.4) is 0 Å². The summed E-state index contributed by atoms with van der Waals surface area (Å²) in [5.74, 6) is -0.331. The molecular formula is C16H25BrN2O3S. The molecular weight excluding hydrogens is 380 g/mol. The molecule has 2 heterocycles. The van der Waals surface area contributed by atoms with Crippen molar-refractivity contribution < 1.29 is 14.3 Å². The molecule has 2 rings (SSSR count). The fourth-order valence-corrected chi connectivity index (χ4v) is 4.12. The monoisotopic (exact) mass is 404 g/mol. The molecule has 0 spiro atoms. The van der Waals surface area contributed by atoms with Crippen LogP contribution in [-0.4, -0.2) is 36.3 Å². The molecule has 1 fully saturated rings. The molecule has 0 aromatic carbocycles. The predicted octanol–water partition coefficient (Wildman–Crippen LogP) is 3.62. The molecule has 1 aliphatic rings. The Labute approximate surface area is 150 Å². The van der Waals surface area contributed by atoms with E-state index in [2.05, 4.69) is 26.2 Å². The molecule has 5 nitrogen and oxygen atoms in total. The Morgan fingerprint density at radius 1 is 1.39 bits per heavy atom. The number of thiazole rings is 1. The van der Waals surface area contributed by atoms with E-state index in [1.54, 1.807) is 11.3 Å². The van der Waals surface area contributed by atoms with E-state index < -0.39 is 11.2 Å². The average molecular weight is 405 g/mol. The Bertz CT molecular complexity index is 520. The lowest BCUT2D eigenvalue weighted by molar-refractivity contribution is -0.169. The van der Waals surface area contributed by atoms with Crippen LogP contribution >= 0.6 is 27.3 Å². The maximum Gasteiger partial charge on any atom is 0.332 e. The van der Waals surface area contributed by atoms with E-state index >= 15 is 0 Å². The second-order valence-corrected chi connectivity index (χ2v) is 8.47. The van der Waals surface area contributed by atoms with Crippen molar-refractivity contribution in [1.29, 1.82) is 0 Å². The average Bonchev–Trinajstić information content (AvgIpc) is 2.83. The first kappa shape index (κ1) is 18.8. The van der Waals surface area contributed by atoms with Gasteiger partial charge in [-0.15, -0.1) is 11.3 Å². The summed E-state index contributed by atoms with van der Waals surface area (Å²) in [6.45, 7) is 7.42. The highest BCUT2D eigenvalue weighted by atomic mass is 79.9. The van der Waals surface area contributed by atoms with Crippen LogP contribution in [0.4, 0.5) is 0 Å². The first-order valence-electron chi connectivity index (χ1n) is 7.99. The van der Waals surface area contributed by atoms with Crippen LogP contribution in [0.2, 0.25) is 0 Å². The summed E-state index contributed by atoms with van der Waals surface area (Å²) in [4.78, 5) is 16.6. The third-order valence-corrected chi connectivity index (χ3v) is 5.38. The van der Waals surface area contributed by atoms with Gasteiger partial charge in [-0.05, 0) is 75.5 Å². The van der Waals surface area contributed by atoms with Gasteiger partial charge in [0, 0.05) is 5.38 Å². The van der Waals surface area contributed by atoms with Crippen molar-refractivity contribution >= 4 is 33.2 Å². The normalized spacial score (nSPS) is 23.1. The predicted molar refractivity (Wildman–Crippen MR) is 94.6 cm³/mol. The fraction of sp³-hybridized carbons (Fsp3) is 0.750. The zero-order valence-electron chi connectivity index (χ0n) is 14.0. The molecule has 7 heteroatoms. The number of esters is 1. The fourth-order valence-electron chi connectivity index (χ4n) is 2.65. The van der Waals surface area contributed by atoms with Gasteiger partial charge in [0.25, 0.3) is 0 Å². The highest BCUT2D eigenvalue weighted by Gasteiger charge is 2.37. The van der Waals surface area contributed by atoms with Gasteiger partial charge in [-0.1, -0.05) is 0 Å². The van der Waals surface area contributed by atoms with Gasteiger partial charge in [0.05, 0.1) is 0 Å². The summed E-state index contributed by atoms with van der Waals surface area (Å²) < 4.78 is 12.3. The summed E-state index contributed by atoms with van der Waals surface area (Å²) in [5, 5.41) is 6.30. The van der Waals surface area contributed by atoms with Crippen LogP contribution in [0, 0.1) is 0 Å². The third kappa shape index (κ3) is 5.81. The first-order chi connectivity index (χ1) is 10.8. The van der Waals surface area contributed by atoms with E-state index in [9.17, 15) is 4.79 Å². The first-order valence-corrected chi connectivity index (χ1v) is 9.66. The highest BCUT2D eigenvalue weighted by molar-refractivity contribution is 9.10. The Morgan fingerprint density at radius 2 is 2.17 bits per heavy atom. The number of carbonyl (C=O) groups excluding carboxylic acids is 1. The number of nitrogens with zero attached hydrogens (tertiary/aromatic N) is 1. The minimum absolute atomic E-state index is 0.0472. The molecule has 0 aliphatic carbocycles. The quantitative estimate of drug-likeness (QED) is 0.776.